The summed E-state index contributed by atoms with van der Waals surface area (Å²) in [5.41, 5.74) is 9.45. The Morgan fingerprint density at radius 1 is 1.14 bits per heavy atom. The summed E-state index contributed by atoms with van der Waals surface area (Å²) >= 11 is 6.71. The van der Waals surface area contributed by atoms with Gasteiger partial charge in [0.2, 0.25) is 5.96 Å². The zero-order valence-electron chi connectivity index (χ0n) is 22.7. The molecule has 2 fully saturated rings. The Labute approximate surface area is 224 Å². The van der Waals surface area contributed by atoms with E-state index in [-0.39, 0.29) is 52.1 Å². The Bertz CT molecular complexity index is 1090. The number of Topliss-reactive ketones (excluding diaryl/α,β-unsaturated/α-hetero) is 1. The summed E-state index contributed by atoms with van der Waals surface area (Å²) in [6.45, 7) is 7.33. The van der Waals surface area contributed by atoms with Crippen LogP contribution in [0.2, 0.25) is 0 Å². The molecule has 10 heteroatoms. The number of nitrogens with one attached hydrogen (secondary N) is 1. The fraction of sp³-hybridized carbons (Fsp3) is 0.667. The average Bonchev–Trinajstić information content (AvgIpc) is 3.08. The lowest BCUT2D eigenvalue weighted by atomic mass is 9.48. The number of carbonyl (C=O) groups is 3. The van der Waals surface area contributed by atoms with Crippen molar-refractivity contribution >= 4 is 41.1 Å². The third-order valence-corrected chi connectivity index (χ3v) is 9.55. The molecule has 0 amide bonds. The molecule has 6 atom stereocenters. The van der Waals surface area contributed by atoms with Crippen LogP contribution in [0, 0.1) is 34.0 Å². The maximum absolute atomic E-state index is 12.7. The van der Waals surface area contributed by atoms with Gasteiger partial charge < -0.3 is 21.1 Å². The minimum atomic E-state index is -1.03. The monoisotopic (exact) mass is 533 g/mol. The van der Waals surface area contributed by atoms with Gasteiger partial charge in [0.25, 0.3) is 0 Å². The second-order valence-electron chi connectivity index (χ2n) is 11.5. The Balaban J connectivity index is 0.000000364. The van der Waals surface area contributed by atoms with Gasteiger partial charge in [-0.1, -0.05) is 31.5 Å². The molecule has 0 heterocycles. The predicted octanol–water partition coefficient (Wildman–Crippen LogP) is 3.51. The number of fused-ring (bicyclic) bond motifs is 5. The molecule has 4 aliphatic rings. The van der Waals surface area contributed by atoms with Gasteiger partial charge >= 0.3 is 5.97 Å². The molecular weight excluding hydrogens is 494 g/mol. The predicted molar refractivity (Wildman–Crippen MR) is 144 cm³/mol. The molecule has 0 bridgehead atoms. The number of nitrogens with zero attached hydrogens (tertiary/aromatic N) is 2. The highest BCUT2D eigenvalue weighted by Gasteiger charge is 2.67. The fourth-order valence-corrected chi connectivity index (χ4v) is 7.77. The van der Waals surface area contributed by atoms with Crippen molar-refractivity contribution in [1.29, 1.82) is 5.41 Å². The maximum atomic E-state index is 12.7. The third kappa shape index (κ3) is 4.94. The highest BCUT2D eigenvalue weighted by molar-refractivity contribution is 6.32. The van der Waals surface area contributed by atoms with E-state index >= 15 is 0 Å². The van der Waals surface area contributed by atoms with Crippen LogP contribution in [0.3, 0.4) is 0 Å². The van der Waals surface area contributed by atoms with Gasteiger partial charge in [-0.25, -0.2) is 0 Å². The molecule has 4 aliphatic carbocycles. The SMILES string of the molecule is CC(=O)O[C@]1(C(C)=O)CC[C@H]2[C@@H]3C=C(Cl)C4=CC(=O)CC[C@]4(C)[C@H]3CC[C@@]21C.CN(C)C(=N)N=C(N)N. The Morgan fingerprint density at radius 2 is 1.76 bits per heavy atom. The third-order valence-electron chi connectivity index (χ3n) is 9.22. The van der Waals surface area contributed by atoms with Crippen LogP contribution in [0.5, 0.6) is 0 Å². The molecule has 0 aromatic rings. The van der Waals surface area contributed by atoms with Gasteiger partial charge in [-0.15, -0.1) is 0 Å². The second kappa shape index (κ2) is 10.2. The summed E-state index contributed by atoms with van der Waals surface area (Å²) < 4.78 is 5.79. The van der Waals surface area contributed by atoms with Crippen LogP contribution >= 0.6 is 11.6 Å². The Morgan fingerprint density at radius 3 is 2.27 bits per heavy atom. The van der Waals surface area contributed by atoms with Crippen molar-refractivity contribution in [1.82, 2.24) is 4.90 Å². The summed E-state index contributed by atoms with van der Waals surface area (Å²) in [6.07, 6.45) is 8.48. The Kier molecular flexibility index (Phi) is 7.99. The van der Waals surface area contributed by atoms with E-state index in [2.05, 4.69) is 24.9 Å². The first-order valence-corrected chi connectivity index (χ1v) is 13.2. The van der Waals surface area contributed by atoms with Gasteiger partial charge in [0.05, 0.1) is 0 Å². The number of guanidine groups is 2. The molecular formula is C27H40ClN5O4. The molecule has 0 radical (unpaired) electrons. The van der Waals surface area contributed by atoms with Crippen LogP contribution in [0.15, 0.2) is 27.7 Å². The Hall–Kier alpha value is -2.68. The summed E-state index contributed by atoms with van der Waals surface area (Å²) in [4.78, 5) is 41.6. The molecule has 0 aromatic carbocycles. The second-order valence-corrected chi connectivity index (χ2v) is 11.9. The standard InChI is InChI=1S/C23H29ClO4.C4H11N5/c1-13(25)23(28-14(2)26)10-7-18-16-12-20(24)19-11-15(27)5-8-21(19,3)17(16)6-9-22(18,23)4;1-9(2)4(7)8-3(5)6/h11-12,16-18H,5-10H2,1-4H3;1-2H3,(H5,5,6,7,8)/t16-,17+,18+,21-,22+,23+;/m1./s1. The number of carbonyl (C=O) groups excluding carboxylic acids is 3. The molecule has 9 nitrogen and oxygen atoms in total. The first-order valence-electron chi connectivity index (χ1n) is 12.8. The highest BCUT2D eigenvalue weighted by atomic mass is 35.5. The number of esters is 1. The number of hydrogen-bond donors (Lipinski definition) is 3. The van der Waals surface area contributed by atoms with Crippen molar-refractivity contribution < 1.29 is 19.1 Å². The van der Waals surface area contributed by atoms with Crippen molar-refractivity contribution in [2.75, 3.05) is 14.1 Å². The summed E-state index contributed by atoms with van der Waals surface area (Å²) in [5.74, 6) is 0.546. The normalized spacial score (nSPS) is 35.8. The number of ketones is 2. The molecule has 0 aliphatic heterocycles. The number of ether oxygens (including phenoxy) is 1. The fourth-order valence-electron chi connectivity index (χ4n) is 7.36. The number of nitrogens with two attached hydrogens (primary N) is 2. The smallest absolute Gasteiger partial charge is 0.303 e. The van der Waals surface area contributed by atoms with Crippen LogP contribution in [0.1, 0.15) is 66.2 Å². The number of rotatable bonds is 2. The van der Waals surface area contributed by atoms with Gasteiger partial charge in [-0.05, 0) is 73.8 Å². The zero-order valence-corrected chi connectivity index (χ0v) is 23.4. The summed E-state index contributed by atoms with van der Waals surface area (Å²) in [5, 5.41) is 7.74. The van der Waals surface area contributed by atoms with Gasteiger partial charge in [-0.3, -0.25) is 19.8 Å². The van der Waals surface area contributed by atoms with Crippen LogP contribution in [-0.2, 0) is 19.1 Å². The van der Waals surface area contributed by atoms with E-state index in [1.807, 2.05) is 0 Å². The van der Waals surface area contributed by atoms with Crippen molar-refractivity contribution in [3.8, 4) is 0 Å². The average molecular weight is 534 g/mol. The van der Waals surface area contributed by atoms with Crippen molar-refractivity contribution in [3.05, 3.63) is 22.8 Å². The summed E-state index contributed by atoms with van der Waals surface area (Å²) in [7, 11) is 3.38. The first kappa shape index (κ1) is 28.9. The zero-order chi connectivity index (χ0) is 27.9. The lowest BCUT2D eigenvalue weighted by Gasteiger charge is -2.57. The topological polar surface area (TPSA) is 152 Å². The minimum absolute atomic E-state index is 0.0490. The van der Waals surface area contributed by atoms with E-state index in [0.717, 1.165) is 31.3 Å². The lowest BCUT2D eigenvalue weighted by molar-refractivity contribution is -0.185. The lowest BCUT2D eigenvalue weighted by Crippen LogP contribution is -2.58. The van der Waals surface area contributed by atoms with Gasteiger partial charge in [-0.2, -0.15) is 4.99 Å². The van der Waals surface area contributed by atoms with Crippen molar-refractivity contribution in [3.63, 3.8) is 0 Å². The molecule has 0 unspecified atom stereocenters. The van der Waals surface area contributed by atoms with E-state index in [1.165, 1.54) is 11.8 Å². The molecule has 4 rings (SSSR count). The molecule has 2 saturated carbocycles. The van der Waals surface area contributed by atoms with Crippen molar-refractivity contribution in [2.45, 2.75) is 71.8 Å². The number of allylic oxidation sites excluding steroid dienone is 4. The van der Waals surface area contributed by atoms with Gasteiger partial charge in [0, 0.05) is 37.9 Å². The minimum Gasteiger partial charge on any atom is -0.451 e. The van der Waals surface area contributed by atoms with Gasteiger partial charge in [0.15, 0.2) is 23.1 Å². The van der Waals surface area contributed by atoms with Crippen LogP contribution < -0.4 is 11.5 Å². The number of halogens is 1. The molecule has 0 saturated heterocycles. The largest absolute Gasteiger partial charge is 0.451 e. The molecule has 0 spiro atoms. The van der Waals surface area contributed by atoms with E-state index in [0.29, 0.717) is 23.8 Å². The number of hydrogen-bond acceptors (Lipinski definition) is 5. The quantitative estimate of drug-likeness (QED) is 0.279. The molecule has 37 heavy (non-hydrogen) atoms. The van der Waals surface area contributed by atoms with Crippen LogP contribution in [0.25, 0.3) is 0 Å². The number of aliphatic imine (C=N–C) groups is 1. The van der Waals surface area contributed by atoms with Crippen LogP contribution in [-0.4, -0.2) is 54.1 Å². The van der Waals surface area contributed by atoms with Crippen LogP contribution in [0.4, 0.5) is 0 Å². The van der Waals surface area contributed by atoms with E-state index < -0.39 is 5.60 Å². The maximum Gasteiger partial charge on any atom is 0.303 e. The highest BCUT2D eigenvalue weighted by Crippen LogP contribution is 2.68. The van der Waals surface area contributed by atoms with E-state index in [1.54, 1.807) is 27.1 Å². The van der Waals surface area contributed by atoms with Crippen molar-refractivity contribution in [2.24, 2.45) is 45.0 Å². The van der Waals surface area contributed by atoms with E-state index in [9.17, 15) is 14.4 Å². The molecule has 0 aromatic heterocycles. The molecule has 5 N–H and O–H groups in total. The summed E-state index contributed by atoms with van der Waals surface area (Å²) in [6, 6.07) is 0. The van der Waals surface area contributed by atoms with E-state index in [4.69, 9.17) is 33.2 Å². The first-order chi connectivity index (χ1) is 17.1. The molecule has 204 valence electrons. The van der Waals surface area contributed by atoms with Gasteiger partial charge in [0.1, 0.15) is 0 Å².